The van der Waals surface area contributed by atoms with Crippen LogP contribution in [-0.4, -0.2) is 21.5 Å². The predicted molar refractivity (Wildman–Crippen MR) is 86.7 cm³/mol. The van der Waals surface area contributed by atoms with Gasteiger partial charge in [-0.3, -0.25) is 0 Å². The van der Waals surface area contributed by atoms with Crippen molar-refractivity contribution in [2.45, 2.75) is 12.6 Å². The van der Waals surface area contributed by atoms with Crippen molar-refractivity contribution < 1.29 is 5.11 Å². The van der Waals surface area contributed by atoms with Gasteiger partial charge in [-0.05, 0) is 23.8 Å². The predicted octanol–water partition coefficient (Wildman–Crippen LogP) is 2.70. The second kappa shape index (κ2) is 7.02. The van der Waals surface area contributed by atoms with Crippen molar-refractivity contribution in [3.8, 4) is 5.69 Å². The van der Waals surface area contributed by atoms with Gasteiger partial charge in [-0.15, -0.1) is 0 Å². The summed E-state index contributed by atoms with van der Waals surface area (Å²) in [6.45, 7) is 0.670. The highest BCUT2D eigenvalue weighted by Gasteiger charge is 2.10. The second-order valence-electron chi connectivity index (χ2n) is 5.11. The Morgan fingerprint density at radius 1 is 0.955 bits per heavy atom. The van der Waals surface area contributed by atoms with Gasteiger partial charge in [-0.25, -0.2) is 4.68 Å². The molecule has 22 heavy (non-hydrogen) atoms. The molecule has 0 bridgehead atoms. The molecule has 0 spiro atoms. The number of para-hydroxylation sites is 1. The van der Waals surface area contributed by atoms with Gasteiger partial charge in [0.1, 0.15) is 0 Å². The smallest absolute Gasteiger partial charge is 0.0767 e. The summed E-state index contributed by atoms with van der Waals surface area (Å²) in [6, 6.07) is 21.9. The number of benzene rings is 2. The summed E-state index contributed by atoms with van der Waals surface area (Å²) in [5, 5.41) is 17.4. The Bertz CT molecular complexity index is 695. The van der Waals surface area contributed by atoms with E-state index in [1.165, 1.54) is 0 Å². The molecule has 0 saturated carbocycles. The molecule has 0 aliphatic carbocycles. The Morgan fingerprint density at radius 3 is 2.32 bits per heavy atom. The van der Waals surface area contributed by atoms with Crippen molar-refractivity contribution in [1.29, 1.82) is 0 Å². The summed E-state index contributed by atoms with van der Waals surface area (Å²) >= 11 is 0. The zero-order valence-electron chi connectivity index (χ0n) is 12.3. The van der Waals surface area contributed by atoms with Gasteiger partial charge < -0.3 is 10.4 Å². The number of aliphatic hydroxyl groups excluding tert-OH is 1. The summed E-state index contributed by atoms with van der Waals surface area (Å²) in [6.07, 6.45) is 1.95. The summed E-state index contributed by atoms with van der Waals surface area (Å²) in [4.78, 5) is 0. The molecule has 0 saturated heterocycles. The molecule has 3 rings (SSSR count). The van der Waals surface area contributed by atoms with Crippen LogP contribution >= 0.6 is 0 Å². The Morgan fingerprint density at radius 2 is 1.64 bits per heavy atom. The molecule has 4 nitrogen and oxygen atoms in total. The lowest BCUT2D eigenvalue weighted by Gasteiger charge is -2.15. The van der Waals surface area contributed by atoms with Gasteiger partial charge in [-0.2, -0.15) is 5.10 Å². The van der Waals surface area contributed by atoms with E-state index in [1.807, 2.05) is 77.6 Å². The SMILES string of the molecule is OC[C@@H](NCc1ccn(-c2ccccc2)n1)c1ccccc1. The number of rotatable bonds is 6. The first kappa shape index (κ1) is 14.5. The van der Waals surface area contributed by atoms with Crippen LogP contribution in [0.25, 0.3) is 5.69 Å². The van der Waals surface area contributed by atoms with Crippen LogP contribution in [0.15, 0.2) is 72.9 Å². The molecule has 1 aromatic heterocycles. The zero-order valence-corrected chi connectivity index (χ0v) is 12.3. The van der Waals surface area contributed by atoms with E-state index in [1.54, 1.807) is 0 Å². The van der Waals surface area contributed by atoms with Gasteiger partial charge in [-0.1, -0.05) is 48.5 Å². The van der Waals surface area contributed by atoms with Crippen LogP contribution in [-0.2, 0) is 6.54 Å². The van der Waals surface area contributed by atoms with Gasteiger partial charge >= 0.3 is 0 Å². The summed E-state index contributed by atoms with van der Waals surface area (Å²) in [5.41, 5.74) is 3.06. The first-order valence-electron chi connectivity index (χ1n) is 7.36. The molecule has 0 radical (unpaired) electrons. The maximum Gasteiger partial charge on any atom is 0.0767 e. The average Bonchev–Trinajstić information content (AvgIpc) is 3.06. The van der Waals surface area contributed by atoms with E-state index >= 15 is 0 Å². The summed E-state index contributed by atoms with van der Waals surface area (Å²) in [7, 11) is 0. The van der Waals surface area contributed by atoms with E-state index in [4.69, 9.17) is 0 Å². The van der Waals surface area contributed by atoms with E-state index in [9.17, 15) is 5.11 Å². The van der Waals surface area contributed by atoms with Crippen molar-refractivity contribution in [1.82, 2.24) is 15.1 Å². The first-order chi connectivity index (χ1) is 10.9. The minimum atomic E-state index is -0.0805. The molecule has 0 amide bonds. The number of nitrogens with zero attached hydrogens (tertiary/aromatic N) is 2. The fourth-order valence-corrected chi connectivity index (χ4v) is 2.38. The highest BCUT2D eigenvalue weighted by molar-refractivity contribution is 5.30. The Balaban J connectivity index is 1.65. The Hall–Kier alpha value is -2.43. The molecule has 0 aliphatic rings. The van der Waals surface area contributed by atoms with Crippen LogP contribution in [0, 0.1) is 0 Å². The van der Waals surface area contributed by atoms with Crippen LogP contribution in [0.4, 0.5) is 0 Å². The highest BCUT2D eigenvalue weighted by atomic mass is 16.3. The number of aromatic nitrogens is 2. The van der Waals surface area contributed by atoms with Crippen LogP contribution in [0.5, 0.6) is 0 Å². The first-order valence-corrected chi connectivity index (χ1v) is 7.36. The summed E-state index contributed by atoms with van der Waals surface area (Å²) in [5.74, 6) is 0. The molecule has 112 valence electrons. The van der Waals surface area contributed by atoms with E-state index in [2.05, 4.69) is 10.4 Å². The Labute approximate surface area is 130 Å². The fraction of sp³-hybridized carbons (Fsp3) is 0.167. The topological polar surface area (TPSA) is 50.1 Å². The maximum atomic E-state index is 9.55. The number of hydrogen-bond donors (Lipinski definition) is 2. The maximum absolute atomic E-state index is 9.55. The van der Waals surface area contributed by atoms with Crippen LogP contribution < -0.4 is 5.32 Å². The molecular formula is C18H19N3O. The second-order valence-corrected chi connectivity index (χ2v) is 5.11. The third kappa shape index (κ3) is 3.42. The number of hydrogen-bond acceptors (Lipinski definition) is 3. The van der Waals surface area contributed by atoms with E-state index in [0.29, 0.717) is 6.54 Å². The Kier molecular flexibility index (Phi) is 4.63. The average molecular weight is 293 g/mol. The minimum absolute atomic E-state index is 0.0589. The lowest BCUT2D eigenvalue weighted by molar-refractivity contribution is 0.243. The lowest BCUT2D eigenvalue weighted by Crippen LogP contribution is -2.24. The van der Waals surface area contributed by atoms with Crippen molar-refractivity contribution in [3.63, 3.8) is 0 Å². The van der Waals surface area contributed by atoms with Crippen molar-refractivity contribution in [3.05, 3.63) is 84.2 Å². The van der Waals surface area contributed by atoms with Gasteiger partial charge in [0, 0.05) is 12.7 Å². The lowest BCUT2D eigenvalue weighted by atomic mass is 10.1. The highest BCUT2D eigenvalue weighted by Crippen LogP contribution is 2.13. The fourth-order valence-electron chi connectivity index (χ4n) is 2.38. The molecule has 1 heterocycles. The molecule has 0 fully saturated rings. The quantitative estimate of drug-likeness (QED) is 0.734. The molecule has 4 heteroatoms. The molecular weight excluding hydrogens is 274 g/mol. The third-order valence-corrected chi connectivity index (χ3v) is 3.58. The minimum Gasteiger partial charge on any atom is -0.394 e. The van der Waals surface area contributed by atoms with E-state index < -0.39 is 0 Å². The molecule has 3 aromatic rings. The van der Waals surface area contributed by atoms with Crippen LogP contribution in [0.3, 0.4) is 0 Å². The van der Waals surface area contributed by atoms with Crippen molar-refractivity contribution >= 4 is 0 Å². The molecule has 2 N–H and O–H groups in total. The van der Waals surface area contributed by atoms with Gasteiger partial charge in [0.2, 0.25) is 0 Å². The number of nitrogens with one attached hydrogen (secondary N) is 1. The largest absolute Gasteiger partial charge is 0.394 e. The molecule has 0 unspecified atom stereocenters. The van der Waals surface area contributed by atoms with Crippen LogP contribution in [0.1, 0.15) is 17.3 Å². The summed E-state index contributed by atoms with van der Waals surface area (Å²) < 4.78 is 1.85. The molecule has 1 atom stereocenters. The zero-order chi connectivity index (χ0) is 15.2. The van der Waals surface area contributed by atoms with Crippen molar-refractivity contribution in [2.75, 3.05) is 6.61 Å². The van der Waals surface area contributed by atoms with E-state index in [-0.39, 0.29) is 12.6 Å². The van der Waals surface area contributed by atoms with Crippen LogP contribution in [0.2, 0.25) is 0 Å². The number of aliphatic hydroxyl groups is 1. The van der Waals surface area contributed by atoms with E-state index in [0.717, 1.165) is 16.9 Å². The monoisotopic (exact) mass is 293 g/mol. The molecule has 0 aliphatic heterocycles. The van der Waals surface area contributed by atoms with Gasteiger partial charge in [0.05, 0.1) is 24.0 Å². The third-order valence-electron chi connectivity index (χ3n) is 3.58. The molecule has 2 aromatic carbocycles. The van der Waals surface area contributed by atoms with Gasteiger partial charge in [0.25, 0.3) is 0 Å². The normalized spacial score (nSPS) is 12.2. The van der Waals surface area contributed by atoms with Crippen molar-refractivity contribution in [2.24, 2.45) is 0 Å². The standard InChI is InChI=1S/C18H19N3O/c22-14-18(15-7-3-1-4-8-15)19-13-16-11-12-21(20-16)17-9-5-2-6-10-17/h1-12,18-19,22H,13-14H2/t18-/m1/s1. The van der Waals surface area contributed by atoms with Gasteiger partial charge in [0.15, 0.2) is 0 Å².